The zero-order valence-corrected chi connectivity index (χ0v) is 11.6. The molecule has 0 aliphatic heterocycles. The van der Waals surface area contributed by atoms with Crippen molar-refractivity contribution in [2.24, 2.45) is 0 Å². The van der Waals surface area contributed by atoms with E-state index in [4.69, 9.17) is 11.6 Å². The predicted octanol–water partition coefficient (Wildman–Crippen LogP) is 3.66. The molecule has 19 heavy (non-hydrogen) atoms. The van der Waals surface area contributed by atoms with Gasteiger partial charge in [0, 0.05) is 25.3 Å². The topological polar surface area (TPSA) is 32.3 Å². The number of anilines is 2. The molecule has 0 aromatic heterocycles. The average molecular weight is 275 g/mol. The molecule has 2 rings (SSSR count). The van der Waals surface area contributed by atoms with E-state index in [0.717, 1.165) is 5.69 Å². The van der Waals surface area contributed by atoms with E-state index in [9.17, 15) is 4.79 Å². The van der Waals surface area contributed by atoms with Crippen molar-refractivity contribution < 1.29 is 4.79 Å². The zero-order valence-electron chi connectivity index (χ0n) is 10.9. The molecular formula is C15H15ClN2O. The minimum absolute atomic E-state index is 0.144. The van der Waals surface area contributed by atoms with Gasteiger partial charge in [-0.25, -0.2) is 0 Å². The minimum atomic E-state index is -0.144. The van der Waals surface area contributed by atoms with Crippen LogP contribution in [0.2, 0.25) is 5.02 Å². The van der Waals surface area contributed by atoms with Crippen LogP contribution in [0.1, 0.15) is 10.4 Å². The van der Waals surface area contributed by atoms with Gasteiger partial charge in [-0.3, -0.25) is 4.79 Å². The third-order valence-electron chi connectivity index (χ3n) is 2.72. The van der Waals surface area contributed by atoms with Crippen molar-refractivity contribution in [3.63, 3.8) is 0 Å². The molecule has 0 saturated carbocycles. The fraction of sp³-hybridized carbons (Fsp3) is 0.133. The first-order chi connectivity index (χ1) is 9.08. The number of hydrogen-bond donors (Lipinski definition) is 1. The summed E-state index contributed by atoms with van der Waals surface area (Å²) in [6.07, 6.45) is 0. The first-order valence-corrected chi connectivity index (χ1v) is 6.29. The maximum absolute atomic E-state index is 12.0. The second-order valence-electron chi connectivity index (χ2n) is 4.38. The normalized spacial score (nSPS) is 10.1. The quantitative estimate of drug-likeness (QED) is 0.926. The van der Waals surface area contributed by atoms with Gasteiger partial charge in [0.05, 0.1) is 10.7 Å². The first kappa shape index (κ1) is 13.4. The Bertz CT molecular complexity index is 582. The van der Waals surface area contributed by atoms with Gasteiger partial charge in [-0.05, 0) is 30.3 Å². The van der Waals surface area contributed by atoms with E-state index in [2.05, 4.69) is 5.32 Å². The molecule has 0 atom stereocenters. The Morgan fingerprint density at radius 3 is 2.37 bits per heavy atom. The van der Waals surface area contributed by atoms with Crippen LogP contribution < -0.4 is 10.2 Å². The summed E-state index contributed by atoms with van der Waals surface area (Å²) < 4.78 is 0. The number of amides is 1. The van der Waals surface area contributed by atoms with Crippen molar-refractivity contribution in [3.05, 3.63) is 59.1 Å². The highest BCUT2D eigenvalue weighted by atomic mass is 35.5. The van der Waals surface area contributed by atoms with E-state index in [-0.39, 0.29) is 5.91 Å². The lowest BCUT2D eigenvalue weighted by molar-refractivity contribution is 0.102. The van der Waals surface area contributed by atoms with Gasteiger partial charge in [-0.2, -0.15) is 0 Å². The van der Waals surface area contributed by atoms with E-state index in [1.54, 1.807) is 18.2 Å². The molecule has 2 aromatic carbocycles. The molecule has 2 aromatic rings. The summed E-state index contributed by atoms with van der Waals surface area (Å²) in [5, 5.41) is 3.43. The molecular weight excluding hydrogens is 260 g/mol. The summed E-state index contributed by atoms with van der Waals surface area (Å²) >= 11 is 6.16. The summed E-state index contributed by atoms with van der Waals surface area (Å²) in [5.74, 6) is -0.144. The standard InChI is InChI=1S/C15H15ClN2O/c1-18(2)14-9-8-12(10-13(14)16)17-15(19)11-6-4-3-5-7-11/h3-10H,1-2H3,(H,17,19). The van der Waals surface area contributed by atoms with Crippen LogP contribution >= 0.6 is 11.6 Å². The molecule has 0 spiro atoms. The Hall–Kier alpha value is -2.00. The van der Waals surface area contributed by atoms with Gasteiger partial charge < -0.3 is 10.2 Å². The van der Waals surface area contributed by atoms with Gasteiger partial charge in [-0.1, -0.05) is 29.8 Å². The smallest absolute Gasteiger partial charge is 0.255 e. The summed E-state index contributed by atoms with van der Waals surface area (Å²) in [6.45, 7) is 0. The molecule has 1 amide bonds. The molecule has 0 aliphatic rings. The van der Waals surface area contributed by atoms with Crippen LogP contribution in [0.15, 0.2) is 48.5 Å². The summed E-state index contributed by atoms with van der Waals surface area (Å²) in [7, 11) is 3.84. The lowest BCUT2D eigenvalue weighted by Crippen LogP contribution is -2.13. The molecule has 0 heterocycles. The van der Waals surface area contributed by atoms with Crippen LogP contribution in [-0.2, 0) is 0 Å². The van der Waals surface area contributed by atoms with Gasteiger partial charge in [-0.15, -0.1) is 0 Å². The Labute approximate surface area is 117 Å². The highest BCUT2D eigenvalue weighted by Gasteiger charge is 2.07. The largest absolute Gasteiger partial charge is 0.376 e. The summed E-state index contributed by atoms with van der Waals surface area (Å²) in [6, 6.07) is 14.5. The van der Waals surface area contributed by atoms with Gasteiger partial charge in [0.25, 0.3) is 5.91 Å². The number of carbonyl (C=O) groups excluding carboxylic acids is 1. The molecule has 98 valence electrons. The van der Waals surface area contributed by atoms with E-state index >= 15 is 0 Å². The second-order valence-corrected chi connectivity index (χ2v) is 4.79. The summed E-state index contributed by atoms with van der Waals surface area (Å²) in [4.78, 5) is 13.9. The fourth-order valence-electron chi connectivity index (χ4n) is 1.74. The maximum atomic E-state index is 12.0. The van der Waals surface area contributed by atoms with Gasteiger partial charge in [0.15, 0.2) is 0 Å². The highest BCUT2D eigenvalue weighted by molar-refractivity contribution is 6.33. The molecule has 0 bridgehead atoms. The van der Waals surface area contributed by atoms with Crippen molar-refractivity contribution in [1.82, 2.24) is 0 Å². The molecule has 0 saturated heterocycles. The van der Waals surface area contributed by atoms with Crippen molar-refractivity contribution in [2.45, 2.75) is 0 Å². The van der Waals surface area contributed by atoms with Crippen molar-refractivity contribution in [3.8, 4) is 0 Å². The Kier molecular flexibility index (Phi) is 4.07. The highest BCUT2D eigenvalue weighted by Crippen LogP contribution is 2.27. The summed E-state index contributed by atoms with van der Waals surface area (Å²) in [5.41, 5.74) is 2.22. The number of nitrogens with one attached hydrogen (secondary N) is 1. The average Bonchev–Trinajstić information content (AvgIpc) is 2.39. The molecule has 4 heteroatoms. The Morgan fingerprint density at radius 2 is 1.79 bits per heavy atom. The van der Waals surface area contributed by atoms with Crippen LogP contribution in [0.5, 0.6) is 0 Å². The van der Waals surface area contributed by atoms with Crippen molar-refractivity contribution >= 4 is 28.9 Å². The van der Waals surface area contributed by atoms with Crippen LogP contribution in [0, 0.1) is 0 Å². The monoisotopic (exact) mass is 274 g/mol. The number of nitrogens with zero attached hydrogens (tertiary/aromatic N) is 1. The van der Waals surface area contributed by atoms with Gasteiger partial charge in [0.1, 0.15) is 0 Å². The van der Waals surface area contributed by atoms with Crippen molar-refractivity contribution in [2.75, 3.05) is 24.3 Å². The van der Waals surface area contributed by atoms with Crippen LogP contribution in [0.25, 0.3) is 0 Å². The van der Waals surface area contributed by atoms with Crippen molar-refractivity contribution in [1.29, 1.82) is 0 Å². The van der Waals surface area contributed by atoms with E-state index in [0.29, 0.717) is 16.3 Å². The molecule has 0 radical (unpaired) electrons. The van der Waals surface area contributed by atoms with Gasteiger partial charge in [0.2, 0.25) is 0 Å². The molecule has 3 nitrogen and oxygen atoms in total. The van der Waals surface area contributed by atoms with Crippen LogP contribution in [0.3, 0.4) is 0 Å². The van der Waals surface area contributed by atoms with E-state index in [1.165, 1.54) is 0 Å². The Balaban J connectivity index is 2.16. The lowest BCUT2D eigenvalue weighted by atomic mass is 10.2. The van der Waals surface area contributed by atoms with Crippen LogP contribution in [0.4, 0.5) is 11.4 Å². The lowest BCUT2D eigenvalue weighted by Gasteiger charge is -2.15. The minimum Gasteiger partial charge on any atom is -0.376 e. The number of hydrogen-bond acceptors (Lipinski definition) is 2. The third kappa shape index (κ3) is 3.26. The predicted molar refractivity (Wildman–Crippen MR) is 80.2 cm³/mol. The third-order valence-corrected chi connectivity index (χ3v) is 3.03. The molecule has 0 fully saturated rings. The molecule has 1 N–H and O–H groups in total. The maximum Gasteiger partial charge on any atom is 0.255 e. The number of rotatable bonds is 3. The molecule has 0 unspecified atom stereocenters. The number of benzene rings is 2. The second kappa shape index (κ2) is 5.76. The van der Waals surface area contributed by atoms with E-state index in [1.807, 2.05) is 49.3 Å². The zero-order chi connectivity index (χ0) is 13.8. The number of halogens is 1. The molecule has 0 aliphatic carbocycles. The van der Waals surface area contributed by atoms with E-state index < -0.39 is 0 Å². The SMILES string of the molecule is CN(C)c1ccc(NC(=O)c2ccccc2)cc1Cl. The van der Waals surface area contributed by atoms with Gasteiger partial charge >= 0.3 is 0 Å². The van der Waals surface area contributed by atoms with Crippen LogP contribution in [-0.4, -0.2) is 20.0 Å². The number of carbonyl (C=O) groups is 1. The first-order valence-electron chi connectivity index (χ1n) is 5.91. The Morgan fingerprint density at radius 1 is 1.11 bits per heavy atom. The fourth-order valence-corrected chi connectivity index (χ4v) is 2.09.